The lowest BCUT2D eigenvalue weighted by atomic mass is 9.61. The first-order valence-corrected chi connectivity index (χ1v) is 9.96. The largest absolute Gasteiger partial charge is 0.373 e. The number of aromatic amines is 1. The van der Waals surface area contributed by atoms with Gasteiger partial charge in [-0.1, -0.05) is 62.4 Å². The summed E-state index contributed by atoms with van der Waals surface area (Å²) in [7, 11) is 1.78. The fraction of sp³-hybridized carbons (Fsp3) is 0.375. The van der Waals surface area contributed by atoms with Crippen LogP contribution in [0.2, 0.25) is 0 Å². The fourth-order valence-electron chi connectivity index (χ4n) is 5.01. The van der Waals surface area contributed by atoms with E-state index in [0.717, 1.165) is 35.0 Å². The second kappa shape index (κ2) is 7.94. The van der Waals surface area contributed by atoms with Gasteiger partial charge in [-0.2, -0.15) is 0 Å². The summed E-state index contributed by atoms with van der Waals surface area (Å²) in [6, 6.07) is 18.1. The van der Waals surface area contributed by atoms with Crippen molar-refractivity contribution in [3.8, 4) is 0 Å². The molecule has 4 nitrogen and oxygen atoms in total. The summed E-state index contributed by atoms with van der Waals surface area (Å²) in [6.07, 6.45) is 2.24. The van der Waals surface area contributed by atoms with Crippen LogP contribution in [0.1, 0.15) is 43.5 Å². The Hall–Kier alpha value is -2.14. The first-order chi connectivity index (χ1) is 13.4. The highest BCUT2D eigenvalue weighted by molar-refractivity contribution is 5.86. The van der Waals surface area contributed by atoms with Crippen molar-refractivity contribution in [2.75, 3.05) is 7.11 Å². The molecule has 0 radical (unpaired) electrons. The molecule has 5 heteroatoms. The van der Waals surface area contributed by atoms with Gasteiger partial charge in [0.25, 0.3) is 5.56 Å². The summed E-state index contributed by atoms with van der Waals surface area (Å²) in [5.41, 5.74) is 8.98. The molecule has 1 heterocycles. The van der Waals surface area contributed by atoms with Gasteiger partial charge in [0, 0.05) is 36.1 Å². The van der Waals surface area contributed by atoms with E-state index in [1.807, 2.05) is 42.5 Å². The number of hydrogen-bond acceptors (Lipinski definition) is 3. The molecule has 154 valence electrons. The number of pyridine rings is 1. The van der Waals surface area contributed by atoms with E-state index in [9.17, 15) is 4.79 Å². The van der Waals surface area contributed by atoms with Gasteiger partial charge in [0.1, 0.15) is 0 Å². The summed E-state index contributed by atoms with van der Waals surface area (Å²) in [4.78, 5) is 16.0. The Labute approximate surface area is 177 Å². The number of methoxy groups -OCH3 is 1. The van der Waals surface area contributed by atoms with Gasteiger partial charge in [-0.05, 0) is 35.4 Å². The second-order valence-electron chi connectivity index (χ2n) is 8.20. The summed E-state index contributed by atoms with van der Waals surface area (Å²) in [5.74, 6) is 0. The Kier molecular flexibility index (Phi) is 5.91. The SMILES string of the molecule is CCC(N)C1(C)CC(OC)(c2ccccc2)Cc2c1[nH]c(=O)c1ccccc21.Cl. The van der Waals surface area contributed by atoms with E-state index in [4.69, 9.17) is 10.5 Å². The number of nitrogens with one attached hydrogen (secondary N) is 1. The van der Waals surface area contributed by atoms with Gasteiger partial charge in [-0.25, -0.2) is 0 Å². The average Bonchev–Trinajstić information content (AvgIpc) is 2.74. The Balaban J connectivity index is 0.00000240. The molecule has 0 bridgehead atoms. The first-order valence-electron chi connectivity index (χ1n) is 9.96. The van der Waals surface area contributed by atoms with Crippen LogP contribution in [-0.4, -0.2) is 18.1 Å². The predicted molar refractivity (Wildman–Crippen MR) is 121 cm³/mol. The normalized spacial score (nSPS) is 24.6. The Morgan fingerprint density at radius 3 is 2.34 bits per heavy atom. The van der Waals surface area contributed by atoms with Crippen LogP contribution in [0, 0.1) is 0 Å². The maximum Gasteiger partial charge on any atom is 0.256 e. The zero-order valence-electron chi connectivity index (χ0n) is 17.2. The molecule has 3 unspecified atom stereocenters. The fourth-order valence-corrected chi connectivity index (χ4v) is 5.01. The molecule has 4 rings (SSSR count). The van der Waals surface area contributed by atoms with Crippen LogP contribution in [-0.2, 0) is 22.2 Å². The third kappa shape index (κ3) is 3.29. The minimum atomic E-state index is -0.489. The van der Waals surface area contributed by atoms with E-state index in [-0.39, 0.29) is 24.0 Å². The molecule has 0 saturated heterocycles. The smallest absolute Gasteiger partial charge is 0.256 e. The number of nitrogens with two attached hydrogens (primary N) is 1. The summed E-state index contributed by atoms with van der Waals surface area (Å²) >= 11 is 0. The molecule has 1 aromatic heterocycles. The molecule has 1 aliphatic carbocycles. The highest BCUT2D eigenvalue weighted by atomic mass is 35.5. The summed E-state index contributed by atoms with van der Waals surface area (Å²) in [5, 5.41) is 1.71. The number of H-pyrrole nitrogens is 1. The lowest BCUT2D eigenvalue weighted by Gasteiger charge is -2.49. The van der Waals surface area contributed by atoms with E-state index in [1.54, 1.807) is 7.11 Å². The standard InChI is InChI=1S/C24H28N2O2.ClH/c1-4-20(25)23(2)15-24(28-3,16-10-6-5-7-11-16)14-19-17-12-8-9-13-18(17)22(27)26-21(19)23;/h5-13,20H,4,14-15,25H2,1-3H3,(H,26,27);1H. The molecule has 29 heavy (non-hydrogen) atoms. The lowest BCUT2D eigenvalue weighted by molar-refractivity contribution is -0.0502. The number of ether oxygens (including phenoxy) is 1. The van der Waals surface area contributed by atoms with Crippen LogP contribution in [0.3, 0.4) is 0 Å². The molecule has 0 fully saturated rings. The van der Waals surface area contributed by atoms with Crippen molar-refractivity contribution in [3.05, 3.63) is 81.8 Å². The van der Waals surface area contributed by atoms with Gasteiger partial charge in [0.15, 0.2) is 0 Å². The van der Waals surface area contributed by atoms with Crippen molar-refractivity contribution in [3.63, 3.8) is 0 Å². The van der Waals surface area contributed by atoms with E-state index < -0.39 is 11.0 Å². The lowest BCUT2D eigenvalue weighted by Crippen LogP contribution is -2.53. The van der Waals surface area contributed by atoms with Crippen LogP contribution >= 0.6 is 12.4 Å². The zero-order valence-corrected chi connectivity index (χ0v) is 18.0. The van der Waals surface area contributed by atoms with E-state index in [1.165, 1.54) is 0 Å². The van der Waals surface area contributed by atoms with E-state index >= 15 is 0 Å². The minimum absolute atomic E-state index is 0. The van der Waals surface area contributed by atoms with Crippen molar-refractivity contribution in [1.29, 1.82) is 0 Å². The molecule has 0 aliphatic heterocycles. The highest BCUT2D eigenvalue weighted by Crippen LogP contribution is 2.50. The maximum atomic E-state index is 12.8. The predicted octanol–water partition coefficient (Wildman–Crippen LogP) is 4.43. The topological polar surface area (TPSA) is 68.1 Å². The minimum Gasteiger partial charge on any atom is -0.373 e. The monoisotopic (exact) mass is 412 g/mol. The van der Waals surface area contributed by atoms with Gasteiger partial charge in [0.05, 0.1) is 5.60 Å². The first kappa shape index (κ1) is 21.6. The van der Waals surface area contributed by atoms with E-state index in [0.29, 0.717) is 11.8 Å². The average molecular weight is 413 g/mol. The number of halogens is 1. The Morgan fingerprint density at radius 2 is 1.72 bits per heavy atom. The molecule has 0 saturated carbocycles. The van der Waals surface area contributed by atoms with Crippen molar-refractivity contribution >= 4 is 23.2 Å². The van der Waals surface area contributed by atoms with Crippen molar-refractivity contribution < 1.29 is 4.74 Å². The van der Waals surface area contributed by atoms with Crippen LogP contribution in [0.5, 0.6) is 0 Å². The maximum absolute atomic E-state index is 12.8. The summed E-state index contributed by atoms with van der Waals surface area (Å²) < 4.78 is 6.24. The molecule has 3 N–H and O–H groups in total. The number of fused-ring (bicyclic) bond motifs is 3. The van der Waals surface area contributed by atoms with Crippen molar-refractivity contribution in [1.82, 2.24) is 4.98 Å². The van der Waals surface area contributed by atoms with Crippen LogP contribution in [0.25, 0.3) is 10.8 Å². The highest BCUT2D eigenvalue weighted by Gasteiger charge is 2.50. The van der Waals surface area contributed by atoms with Crippen molar-refractivity contribution in [2.24, 2.45) is 5.73 Å². The second-order valence-corrected chi connectivity index (χ2v) is 8.20. The molecule has 3 aromatic rings. The molecule has 1 aliphatic rings. The van der Waals surface area contributed by atoms with Crippen LogP contribution in [0.15, 0.2) is 59.4 Å². The van der Waals surface area contributed by atoms with E-state index in [2.05, 4.69) is 31.0 Å². The molecule has 0 amide bonds. The Morgan fingerprint density at radius 1 is 1.10 bits per heavy atom. The third-order valence-electron chi connectivity index (χ3n) is 6.67. The number of hydrogen-bond donors (Lipinski definition) is 2. The van der Waals surface area contributed by atoms with Gasteiger partial charge >= 0.3 is 0 Å². The van der Waals surface area contributed by atoms with Gasteiger partial charge in [-0.3, -0.25) is 4.79 Å². The molecule has 0 spiro atoms. The third-order valence-corrected chi connectivity index (χ3v) is 6.67. The van der Waals surface area contributed by atoms with Gasteiger partial charge in [-0.15, -0.1) is 12.4 Å². The number of rotatable bonds is 4. The zero-order chi connectivity index (χ0) is 19.9. The molecular weight excluding hydrogens is 384 g/mol. The number of benzene rings is 2. The Bertz CT molecular complexity index is 1070. The van der Waals surface area contributed by atoms with Gasteiger partial charge < -0.3 is 15.5 Å². The quantitative estimate of drug-likeness (QED) is 0.665. The van der Waals surface area contributed by atoms with Crippen LogP contribution in [0.4, 0.5) is 0 Å². The number of aromatic nitrogens is 1. The van der Waals surface area contributed by atoms with Crippen LogP contribution < -0.4 is 11.3 Å². The summed E-state index contributed by atoms with van der Waals surface area (Å²) in [6.45, 7) is 4.26. The molecule has 2 aromatic carbocycles. The van der Waals surface area contributed by atoms with Crippen molar-refractivity contribution in [2.45, 2.75) is 50.2 Å². The van der Waals surface area contributed by atoms with Gasteiger partial charge in [0.2, 0.25) is 0 Å². The molecule has 3 atom stereocenters. The molecular formula is C24H29ClN2O2.